The minimum atomic E-state index is -0.234. The molecule has 7 nitrogen and oxygen atoms in total. The fourth-order valence-corrected chi connectivity index (χ4v) is 1.59. The number of nitrogens with one attached hydrogen (secondary N) is 2. The summed E-state index contributed by atoms with van der Waals surface area (Å²) in [5.74, 6) is 0.272. The van der Waals surface area contributed by atoms with Crippen molar-refractivity contribution >= 4 is 11.8 Å². The quantitative estimate of drug-likeness (QED) is 0.747. The molecule has 0 bridgehead atoms. The molecule has 0 radical (unpaired) electrons. The van der Waals surface area contributed by atoms with Crippen LogP contribution in [-0.2, 0) is 16.1 Å². The molecule has 0 spiro atoms. The number of hydrogen-bond acceptors (Lipinski definition) is 4. The van der Waals surface area contributed by atoms with E-state index in [1.807, 2.05) is 13.8 Å². The van der Waals surface area contributed by atoms with Gasteiger partial charge >= 0.3 is 0 Å². The molecule has 2 N–H and O–H groups in total. The molecule has 0 aromatic carbocycles. The minimum Gasteiger partial charge on any atom is -0.347 e. The van der Waals surface area contributed by atoms with Gasteiger partial charge in [-0.3, -0.25) is 9.59 Å². The standard InChI is InChI=1S/C11H19N5O2/c1-4-9(11-13-7-14-16(11)5-2)15-10(18)6-12-8(3)17/h7,9H,4-6H2,1-3H3,(H,12,17)(H,15,18). The molecule has 1 heterocycles. The van der Waals surface area contributed by atoms with E-state index in [4.69, 9.17) is 0 Å². The normalized spacial score (nSPS) is 11.9. The Morgan fingerprint density at radius 2 is 2.17 bits per heavy atom. The van der Waals surface area contributed by atoms with Crippen LogP contribution in [-0.4, -0.2) is 33.1 Å². The van der Waals surface area contributed by atoms with Crippen molar-refractivity contribution in [3.63, 3.8) is 0 Å². The summed E-state index contributed by atoms with van der Waals surface area (Å²) >= 11 is 0. The summed E-state index contributed by atoms with van der Waals surface area (Å²) in [5, 5.41) is 9.35. The van der Waals surface area contributed by atoms with Gasteiger partial charge in [-0.25, -0.2) is 9.67 Å². The van der Waals surface area contributed by atoms with Crippen LogP contribution in [0.15, 0.2) is 6.33 Å². The maximum atomic E-state index is 11.6. The van der Waals surface area contributed by atoms with Gasteiger partial charge in [-0.1, -0.05) is 6.92 Å². The van der Waals surface area contributed by atoms with Crippen molar-refractivity contribution in [1.82, 2.24) is 25.4 Å². The lowest BCUT2D eigenvalue weighted by atomic mass is 10.2. The molecule has 0 aliphatic rings. The average Bonchev–Trinajstić information content (AvgIpc) is 2.81. The molecule has 0 saturated heterocycles. The Kier molecular flexibility index (Phi) is 5.29. The highest BCUT2D eigenvalue weighted by Gasteiger charge is 2.17. The Labute approximate surface area is 106 Å². The van der Waals surface area contributed by atoms with E-state index in [1.54, 1.807) is 4.68 Å². The Bertz CT molecular complexity index is 415. The molecule has 2 amide bonds. The first-order chi connectivity index (χ1) is 8.58. The topological polar surface area (TPSA) is 88.9 Å². The third-order valence-corrected chi connectivity index (χ3v) is 2.50. The monoisotopic (exact) mass is 253 g/mol. The Balaban J connectivity index is 2.62. The fourth-order valence-electron chi connectivity index (χ4n) is 1.59. The van der Waals surface area contributed by atoms with Crippen LogP contribution in [0.2, 0.25) is 0 Å². The third kappa shape index (κ3) is 3.83. The zero-order chi connectivity index (χ0) is 13.5. The number of amides is 2. The molecule has 0 fully saturated rings. The largest absolute Gasteiger partial charge is 0.347 e. The summed E-state index contributed by atoms with van der Waals surface area (Å²) in [6.07, 6.45) is 2.19. The van der Waals surface area contributed by atoms with Gasteiger partial charge in [-0.15, -0.1) is 0 Å². The number of aromatic nitrogens is 3. The molecule has 1 aromatic rings. The van der Waals surface area contributed by atoms with E-state index < -0.39 is 0 Å². The SMILES string of the molecule is CCC(NC(=O)CNC(C)=O)c1ncnn1CC. The van der Waals surface area contributed by atoms with Crippen molar-refractivity contribution in [2.75, 3.05) is 6.54 Å². The van der Waals surface area contributed by atoms with E-state index in [1.165, 1.54) is 13.3 Å². The van der Waals surface area contributed by atoms with Crippen molar-refractivity contribution in [3.05, 3.63) is 12.2 Å². The zero-order valence-corrected chi connectivity index (χ0v) is 10.9. The van der Waals surface area contributed by atoms with E-state index in [2.05, 4.69) is 20.7 Å². The molecule has 0 saturated carbocycles. The minimum absolute atomic E-state index is 0.0217. The molecular weight excluding hydrogens is 234 g/mol. The van der Waals surface area contributed by atoms with Gasteiger partial charge in [0.2, 0.25) is 11.8 Å². The van der Waals surface area contributed by atoms with Gasteiger partial charge in [-0.05, 0) is 13.3 Å². The van der Waals surface area contributed by atoms with E-state index in [0.29, 0.717) is 13.0 Å². The molecule has 0 aliphatic carbocycles. The third-order valence-electron chi connectivity index (χ3n) is 2.50. The maximum absolute atomic E-state index is 11.6. The lowest BCUT2D eigenvalue weighted by Gasteiger charge is -2.16. The molecule has 100 valence electrons. The van der Waals surface area contributed by atoms with Crippen molar-refractivity contribution in [2.24, 2.45) is 0 Å². The number of nitrogens with zero attached hydrogens (tertiary/aromatic N) is 3. The van der Waals surface area contributed by atoms with Crippen LogP contribution in [0.1, 0.15) is 39.1 Å². The molecule has 1 aromatic heterocycles. The summed E-state index contributed by atoms with van der Waals surface area (Å²) in [4.78, 5) is 26.5. The summed E-state index contributed by atoms with van der Waals surface area (Å²) in [7, 11) is 0. The molecule has 18 heavy (non-hydrogen) atoms. The van der Waals surface area contributed by atoms with Crippen LogP contribution < -0.4 is 10.6 Å². The summed E-state index contributed by atoms with van der Waals surface area (Å²) in [6, 6.07) is -0.186. The Hall–Kier alpha value is -1.92. The van der Waals surface area contributed by atoms with Crippen LogP contribution in [0, 0.1) is 0 Å². The highest BCUT2D eigenvalue weighted by Crippen LogP contribution is 2.12. The highest BCUT2D eigenvalue weighted by atomic mass is 16.2. The van der Waals surface area contributed by atoms with Crippen molar-refractivity contribution in [2.45, 2.75) is 39.8 Å². The molecule has 1 atom stereocenters. The van der Waals surface area contributed by atoms with E-state index in [9.17, 15) is 9.59 Å². The van der Waals surface area contributed by atoms with E-state index in [-0.39, 0.29) is 24.4 Å². The van der Waals surface area contributed by atoms with Crippen LogP contribution in [0.5, 0.6) is 0 Å². The molecule has 1 rings (SSSR count). The predicted octanol–water partition coefficient (Wildman–Crippen LogP) is 0.00140. The van der Waals surface area contributed by atoms with Crippen molar-refractivity contribution in [1.29, 1.82) is 0 Å². The van der Waals surface area contributed by atoms with Gasteiger partial charge < -0.3 is 10.6 Å². The zero-order valence-electron chi connectivity index (χ0n) is 10.9. The second-order valence-electron chi connectivity index (χ2n) is 3.87. The Morgan fingerprint density at radius 3 is 2.72 bits per heavy atom. The first kappa shape index (κ1) is 14.1. The summed E-state index contributed by atoms with van der Waals surface area (Å²) < 4.78 is 1.74. The van der Waals surface area contributed by atoms with E-state index in [0.717, 1.165) is 5.82 Å². The van der Waals surface area contributed by atoms with Gasteiger partial charge in [0, 0.05) is 13.5 Å². The number of hydrogen-bond donors (Lipinski definition) is 2. The second-order valence-corrected chi connectivity index (χ2v) is 3.87. The first-order valence-corrected chi connectivity index (χ1v) is 6.00. The van der Waals surface area contributed by atoms with E-state index >= 15 is 0 Å². The Morgan fingerprint density at radius 1 is 1.44 bits per heavy atom. The maximum Gasteiger partial charge on any atom is 0.239 e. The molecular formula is C11H19N5O2. The van der Waals surface area contributed by atoms with Crippen LogP contribution in [0.25, 0.3) is 0 Å². The lowest BCUT2D eigenvalue weighted by Crippen LogP contribution is -2.38. The summed E-state index contributed by atoms with van der Waals surface area (Å²) in [6.45, 7) is 5.97. The highest BCUT2D eigenvalue weighted by molar-refractivity contribution is 5.83. The first-order valence-electron chi connectivity index (χ1n) is 6.00. The van der Waals surface area contributed by atoms with Crippen LogP contribution >= 0.6 is 0 Å². The van der Waals surface area contributed by atoms with Gasteiger partial charge in [-0.2, -0.15) is 5.10 Å². The molecule has 1 unspecified atom stereocenters. The number of rotatable bonds is 6. The van der Waals surface area contributed by atoms with Crippen LogP contribution in [0.3, 0.4) is 0 Å². The molecule has 0 aliphatic heterocycles. The summed E-state index contributed by atoms with van der Waals surface area (Å²) in [5.41, 5.74) is 0. The van der Waals surface area contributed by atoms with Gasteiger partial charge in [0.25, 0.3) is 0 Å². The fraction of sp³-hybridized carbons (Fsp3) is 0.636. The number of carbonyl (C=O) groups is 2. The van der Waals surface area contributed by atoms with Crippen molar-refractivity contribution in [3.8, 4) is 0 Å². The van der Waals surface area contributed by atoms with Crippen molar-refractivity contribution < 1.29 is 9.59 Å². The lowest BCUT2D eigenvalue weighted by molar-refractivity contribution is -0.125. The molecule has 7 heteroatoms. The average molecular weight is 253 g/mol. The number of aryl methyl sites for hydroxylation is 1. The smallest absolute Gasteiger partial charge is 0.239 e. The number of carbonyl (C=O) groups excluding carboxylic acids is 2. The van der Waals surface area contributed by atoms with Gasteiger partial charge in [0.05, 0.1) is 12.6 Å². The van der Waals surface area contributed by atoms with Crippen LogP contribution in [0.4, 0.5) is 0 Å². The second kappa shape index (κ2) is 6.73. The van der Waals surface area contributed by atoms with Gasteiger partial charge in [0.15, 0.2) is 0 Å². The van der Waals surface area contributed by atoms with Gasteiger partial charge in [0.1, 0.15) is 12.2 Å². The predicted molar refractivity (Wildman–Crippen MR) is 65.6 cm³/mol.